The lowest BCUT2D eigenvalue weighted by Crippen LogP contribution is -2.11. The molecule has 7 heteroatoms. The summed E-state index contributed by atoms with van der Waals surface area (Å²) in [5, 5.41) is 6.37. The molecule has 0 aliphatic carbocycles. The van der Waals surface area contributed by atoms with Gasteiger partial charge in [-0.1, -0.05) is 35.0 Å². The van der Waals surface area contributed by atoms with Gasteiger partial charge in [0.2, 0.25) is 0 Å². The molecule has 1 aromatic carbocycles. The van der Waals surface area contributed by atoms with E-state index in [0.29, 0.717) is 10.0 Å². The summed E-state index contributed by atoms with van der Waals surface area (Å²) in [5.74, 6) is -0.144. The third-order valence-corrected chi connectivity index (χ3v) is 5.75. The maximum atomic E-state index is 12.4. The smallest absolute Gasteiger partial charge is 0.269 e. The minimum atomic E-state index is -0.144. The van der Waals surface area contributed by atoms with Crippen LogP contribution in [-0.2, 0) is 6.42 Å². The molecule has 0 saturated heterocycles. The van der Waals surface area contributed by atoms with Crippen molar-refractivity contribution in [3.05, 3.63) is 49.7 Å². The van der Waals surface area contributed by atoms with E-state index in [2.05, 4.69) is 31.2 Å². The molecule has 0 spiro atoms. The monoisotopic (exact) mass is 407 g/mol. The number of nitrogens with one attached hydrogen (secondary N) is 1. The molecule has 3 aromatic rings. The van der Waals surface area contributed by atoms with E-state index in [9.17, 15) is 4.79 Å². The average Bonchev–Trinajstić information content (AvgIpc) is 3.13. The van der Waals surface area contributed by atoms with Gasteiger partial charge in [-0.05, 0) is 25.5 Å². The maximum Gasteiger partial charge on any atom is 0.269 e. The number of hydrogen-bond donors (Lipinski definition) is 1. The van der Waals surface area contributed by atoms with Crippen molar-refractivity contribution < 1.29 is 4.79 Å². The number of hydrogen-bond acceptors (Lipinski definition) is 5. The molecule has 2 heterocycles. The van der Waals surface area contributed by atoms with E-state index in [4.69, 9.17) is 0 Å². The van der Waals surface area contributed by atoms with Crippen LogP contribution in [-0.4, -0.2) is 15.9 Å². The van der Waals surface area contributed by atoms with Crippen molar-refractivity contribution in [3.8, 4) is 11.3 Å². The van der Waals surface area contributed by atoms with Crippen molar-refractivity contribution in [2.45, 2.75) is 20.3 Å². The first-order valence-corrected chi connectivity index (χ1v) is 9.55. The summed E-state index contributed by atoms with van der Waals surface area (Å²) in [5.41, 5.74) is 2.63. The Morgan fingerprint density at radius 2 is 2.17 bits per heavy atom. The molecule has 1 amide bonds. The van der Waals surface area contributed by atoms with E-state index in [0.717, 1.165) is 32.9 Å². The Hall–Kier alpha value is -1.57. The predicted molar refractivity (Wildman–Crippen MR) is 99.4 cm³/mol. The number of carbonyl (C=O) groups is 1. The summed E-state index contributed by atoms with van der Waals surface area (Å²) in [6, 6.07) is 7.92. The van der Waals surface area contributed by atoms with Gasteiger partial charge in [0.05, 0.1) is 16.4 Å². The van der Waals surface area contributed by atoms with Gasteiger partial charge < -0.3 is 0 Å². The predicted octanol–water partition coefficient (Wildman–Crippen LogP) is 5.15. The lowest BCUT2D eigenvalue weighted by atomic mass is 10.2. The van der Waals surface area contributed by atoms with E-state index >= 15 is 0 Å². The van der Waals surface area contributed by atoms with Crippen LogP contribution in [0.25, 0.3) is 11.3 Å². The summed E-state index contributed by atoms with van der Waals surface area (Å²) in [4.78, 5) is 21.9. The van der Waals surface area contributed by atoms with Crippen molar-refractivity contribution in [1.82, 2.24) is 9.97 Å². The van der Waals surface area contributed by atoms with Gasteiger partial charge >= 0.3 is 0 Å². The van der Waals surface area contributed by atoms with Gasteiger partial charge in [-0.3, -0.25) is 10.1 Å². The Labute approximate surface area is 150 Å². The van der Waals surface area contributed by atoms with Crippen molar-refractivity contribution in [2.75, 3.05) is 5.32 Å². The van der Waals surface area contributed by atoms with Gasteiger partial charge in [-0.2, -0.15) is 0 Å². The van der Waals surface area contributed by atoms with E-state index < -0.39 is 0 Å². The fourth-order valence-electron chi connectivity index (χ4n) is 2.08. The van der Waals surface area contributed by atoms with Crippen molar-refractivity contribution in [1.29, 1.82) is 0 Å². The lowest BCUT2D eigenvalue weighted by molar-refractivity contribution is 0.103. The Balaban J connectivity index is 1.78. The van der Waals surface area contributed by atoms with Crippen LogP contribution < -0.4 is 5.32 Å². The van der Waals surface area contributed by atoms with Crippen molar-refractivity contribution in [2.24, 2.45) is 0 Å². The van der Waals surface area contributed by atoms with E-state index in [1.807, 2.05) is 43.5 Å². The zero-order valence-electron chi connectivity index (χ0n) is 12.6. The molecular weight excluding hydrogens is 394 g/mol. The number of halogens is 1. The number of aromatic nitrogens is 2. The first kappa shape index (κ1) is 16.3. The highest BCUT2D eigenvalue weighted by Crippen LogP contribution is 2.28. The van der Waals surface area contributed by atoms with Crippen LogP contribution in [0.1, 0.15) is 27.3 Å². The summed E-state index contributed by atoms with van der Waals surface area (Å²) in [7, 11) is 0. The molecular formula is C16H14BrN3OS2. The van der Waals surface area contributed by atoms with Crippen molar-refractivity contribution >= 4 is 49.6 Å². The van der Waals surface area contributed by atoms with Crippen molar-refractivity contribution in [3.63, 3.8) is 0 Å². The van der Waals surface area contributed by atoms with E-state index in [-0.39, 0.29) is 5.91 Å². The fourth-order valence-corrected chi connectivity index (χ4v) is 4.09. The Bertz CT molecular complexity index is 857. The average molecular weight is 408 g/mol. The van der Waals surface area contributed by atoms with Crippen LogP contribution in [0.4, 0.5) is 5.13 Å². The van der Waals surface area contributed by atoms with Crippen LogP contribution in [0.3, 0.4) is 0 Å². The van der Waals surface area contributed by atoms with E-state index in [1.54, 1.807) is 0 Å². The zero-order valence-corrected chi connectivity index (χ0v) is 15.8. The third-order valence-electron chi connectivity index (χ3n) is 3.19. The summed E-state index contributed by atoms with van der Waals surface area (Å²) in [6.07, 6.45) is 0.836. The molecule has 1 N–H and O–H groups in total. The highest BCUT2D eigenvalue weighted by Gasteiger charge is 2.16. The molecule has 0 unspecified atom stereocenters. The summed E-state index contributed by atoms with van der Waals surface area (Å²) >= 11 is 6.31. The molecule has 0 saturated carbocycles. The molecule has 23 heavy (non-hydrogen) atoms. The number of carbonyl (C=O) groups excluding carboxylic acids is 1. The SMILES string of the molecule is CCc1nc(C)c(C(=O)Nc2nc(-c3cccc(Br)c3)cs2)s1. The van der Waals surface area contributed by atoms with Gasteiger partial charge in [0.25, 0.3) is 5.91 Å². The molecule has 4 nitrogen and oxygen atoms in total. The number of thiazole rings is 2. The quantitative estimate of drug-likeness (QED) is 0.650. The molecule has 0 atom stereocenters. The number of anilines is 1. The second-order valence-corrected chi connectivity index (χ2v) is 7.74. The minimum Gasteiger partial charge on any atom is -0.297 e. The van der Waals surface area contributed by atoms with Crippen LogP contribution in [0, 0.1) is 6.92 Å². The van der Waals surface area contributed by atoms with Crippen LogP contribution in [0.15, 0.2) is 34.1 Å². The Kier molecular flexibility index (Phi) is 4.89. The normalized spacial score (nSPS) is 10.7. The minimum absolute atomic E-state index is 0.144. The zero-order chi connectivity index (χ0) is 16.4. The van der Waals surface area contributed by atoms with Crippen LogP contribution in [0.2, 0.25) is 0 Å². The first-order chi connectivity index (χ1) is 11.1. The second-order valence-electron chi connectivity index (χ2n) is 4.88. The Morgan fingerprint density at radius 3 is 2.87 bits per heavy atom. The highest BCUT2D eigenvalue weighted by atomic mass is 79.9. The van der Waals surface area contributed by atoms with Gasteiger partial charge in [-0.15, -0.1) is 22.7 Å². The lowest BCUT2D eigenvalue weighted by Gasteiger charge is -2.00. The molecule has 118 valence electrons. The van der Waals surface area contributed by atoms with Gasteiger partial charge in [0.1, 0.15) is 4.88 Å². The molecule has 0 aliphatic rings. The molecule has 0 bridgehead atoms. The molecule has 0 fully saturated rings. The van der Waals surface area contributed by atoms with Crippen LogP contribution in [0.5, 0.6) is 0 Å². The number of benzene rings is 1. The molecule has 2 aromatic heterocycles. The highest BCUT2D eigenvalue weighted by molar-refractivity contribution is 9.10. The molecule has 0 aliphatic heterocycles. The van der Waals surface area contributed by atoms with Crippen LogP contribution >= 0.6 is 38.6 Å². The fraction of sp³-hybridized carbons (Fsp3) is 0.188. The number of aryl methyl sites for hydroxylation is 2. The molecule has 0 radical (unpaired) electrons. The van der Waals surface area contributed by atoms with Gasteiger partial charge in [0, 0.05) is 15.4 Å². The molecule has 3 rings (SSSR count). The number of rotatable bonds is 4. The summed E-state index contributed by atoms with van der Waals surface area (Å²) in [6.45, 7) is 3.89. The number of amides is 1. The largest absolute Gasteiger partial charge is 0.297 e. The second kappa shape index (κ2) is 6.90. The summed E-state index contributed by atoms with van der Waals surface area (Å²) < 4.78 is 1.00. The number of nitrogens with zero attached hydrogens (tertiary/aromatic N) is 2. The maximum absolute atomic E-state index is 12.4. The standard InChI is InChI=1S/C16H14BrN3OS2/c1-3-13-18-9(2)14(23-13)15(21)20-16-19-12(8-22-16)10-5-4-6-11(17)7-10/h4-8H,3H2,1-2H3,(H,19,20,21). The van der Waals surface area contributed by atoms with Gasteiger partial charge in [-0.25, -0.2) is 9.97 Å². The van der Waals surface area contributed by atoms with E-state index in [1.165, 1.54) is 22.7 Å². The van der Waals surface area contributed by atoms with Gasteiger partial charge in [0.15, 0.2) is 5.13 Å². The third kappa shape index (κ3) is 3.68. The Morgan fingerprint density at radius 1 is 1.35 bits per heavy atom. The topological polar surface area (TPSA) is 54.9 Å². The first-order valence-electron chi connectivity index (χ1n) is 7.06.